The predicted molar refractivity (Wildman–Crippen MR) is 108 cm³/mol. The van der Waals surface area contributed by atoms with Gasteiger partial charge in [0.15, 0.2) is 0 Å². The minimum atomic E-state index is -0.135. The quantitative estimate of drug-likeness (QED) is 0.672. The first kappa shape index (κ1) is 18.8. The molecule has 0 radical (unpaired) electrons. The van der Waals surface area contributed by atoms with Crippen molar-refractivity contribution in [1.29, 1.82) is 0 Å². The molecule has 5 heteroatoms. The van der Waals surface area contributed by atoms with E-state index in [2.05, 4.69) is 46.5 Å². The lowest BCUT2D eigenvalue weighted by Crippen LogP contribution is -2.26. The topological polar surface area (TPSA) is 74.8 Å². The zero-order valence-electron chi connectivity index (χ0n) is 15.8. The van der Waals surface area contributed by atoms with Crippen molar-refractivity contribution in [2.24, 2.45) is 0 Å². The van der Waals surface area contributed by atoms with E-state index in [1.165, 1.54) is 5.56 Å². The molecule has 0 saturated heterocycles. The molecule has 3 aromatic rings. The number of fused-ring (bicyclic) bond motifs is 1. The van der Waals surface area contributed by atoms with Crippen molar-refractivity contribution in [1.82, 2.24) is 15.3 Å². The van der Waals surface area contributed by atoms with Crippen LogP contribution in [0.15, 0.2) is 53.3 Å². The highest BCUT2D eigenvalue weighted by Crippen LogP contribution is 2.14. The third-order valence-corrected chi connectivity index (χ3v) is 4.74. The lowest BCUT2D eigenvalue weighted by molar-refractivity contribution is -0.121. The number of hydrogen-bond donors (Lipinski definition) is 2. The van der Waals surface area contributed by atoms with Crippen LogP contribution in [0.25, 0.3) is 10.9 Å². The Balaban J connectivity index is 1.52. The summed E-state index contributed by atoms with van der Waals surface area (Å²) >= 11 is 0. The fourth-order valence-electron chi connectivity index (χ4n) is 3.11. The molecule has 0 fully saturated rings. The summed E-state index contributed by atoms with van der Waals surface area (Å²) < 4.78 is 0. The molecule has 27 heavy (non-hydrogen) atoms. The first-order valence-electron chi connectivity index (χ1n) is 9.43. The zero-order chi connectivity index (χ0) is 19.2. The summed E-state index contributed by atoms with van der Waals surface area (Å²) in [4.78, 5) is 31.6. The molecular weight excluding hydrogens is 338 g/mol. The average molecular weight is 363 g/mol. The number of rotatable bonds is 7. The van der Waals surface area contributed by atoms with Gasteiger partial charge in [0, 0.05) is 12.8 Å². The number of nitrogens with one attached hydrogen (secondary N) is 2. The number of benzene rings is 2. The molecule has 1 aromatic heterocycles. The Bertz CT molecular complexity index is 977. The van der Waals surface area contributed by atoms with Crippen LogP contribution in [0.1, 0.15) is 49.7 Å². The number of H-pyrrole nitrogens is 1. The van der Waals surface area contributed by atoms with Gasteiger partial charge in [0.1, 0.15) is 5.82 Å². The van der Waals surface area contributed by atoms with Gasteiger partial charge >= 0.3 is 0 Å². The van der Waals surface area contributed by atoms with Crippen LogP contribution in [-0.2, 0) is 17.6 Å². The summed E-state index contributed by atoms with van der Waals surface area (Å²) in [6.07, 6.45) is 2.60. The molecule has 3 rings (SSSR count). The molecule has 0 spiro atoms. The number of hydrogen-bond acceptors (Lipinski definition) is 3. The first-order valence-corrected chi connectivity index (χ1v) is 9.43. The van der Waals surface area contributed by atoms with E-state index in [0.717, 1.165) is 12.0 Å². The van der Waals surface area contributed by atoms with E-state index < -0.39 is 0 Å². The minimum Gasteiger partial charge on any atom is -0.350 e. The Morgan fingerprint density at radius 1 is 1.15 bits per heavy atom. The summed E-state index contributed by atoms with van der Waals surface area (Å²) in [6.45, 7) is 4.11. The molecule has 2 N–H and O–H groups in total. The summed E-state index contributed by atoms with van der Waals surface area (Å²) in [5.74, 6) is 0.625. The van der Waals surface area contributed by atoms with Gasteiger partial charge in [-0.1, -0.05) is 43.3 Å². The van der Waals surface area contributed by atoms with Crippen LogP contribution in [0.4, 0.5) is 0 Å². The third kappa shape index (κ3) is 4.82. The number of para-hydroxylation sites is 1. The second-order valence-corrected chi connectivity index (χ2v) is 6.77. The molecule has 1 heterocycles. The van der Waals surface area contributed by atoms with Gasteiger partial charge in [-0.2, -0.15) is 0 Å². The minimum absolute atomic E-state index is 0.00482. The maximum atomic E-state index is 12.2. The number of carbonyl (C=O) groups is 1. The molecule has 1 amide bonds. The van der Waals surface area contributed by atoms with Crippen LogP contribution in [-0.4, -0.2) is 15.9 Å². The van der Waals surface area contributed by atoms with Gasteiger partial charge in [-0.05, 0) is 43.0 Å². The zero-order valence-corrected chi connectivity index (χ0v) is 15.8. The van der Waals surface area contributed by atoms with Crippen molar-refractivity contribution in [3.8, 4) is 0 Å². The van der Waals surface area contributed by atoms with Gasteiger partial charge in [0.2, 0.25) is 5.91 Å². The van der Waals surface area contributed by atoms with Crippen LogP contribution >= 0.6 is 0 Å². The van der Waals surface area contributed by atoms with Crippen LogP contribution < -0.4 is 10.9 Å². The lowest BCUT2D eigenvalue weighted by Gasteiger charge is -2.14. The molecule has 0 aliphatic rings. The van der Waals surface area contributed by atoms with Crippen molar-refractivity contribution in [3.05, 3.63) is 75.8 Å². The van der Waals surface area contributed by atoms with Crippen molar-refractivity contribution in [2.75, 3.05) is 0 Å². The van der Waals surface area contributed by atoms with Gasteiger partial charge in [0.25, 0.3) is 5.56 Å². The Kier molecular flexibility index (Phi) is 6.01. The largest absolute Gasteiger partial charge is 0.350 e. The maximum absolute atomic E-state index is 12.2. The summed E-state index contributed by atoms with van der Waals surface area (Å²) in [6, 6.07) is 15.6. The molecule has 2 aromatic carbocycles. The first-order chi connectivity index (χ1) is 13.1. The number of amides is 1. The van der Waals surface area contributed by atoms with E-state index >= 15 is 0 Å². The molecular formula is C22H25N3O2. The second kappa shape index (κ2) is 8.62. The van der Waals surface area contributed by atoms with Gasteiger partial charge < -0.3 is 10.3 Å². The van der Waals surface area contributed by atoms with E-state index in [4.69, 9.17) is 0 Å². The number of aromatic amines is 1. The van der Waals surface area contributed by atoms with Crippen molar-refractivity contribution < 1.29 is 4.79 Å². The fraction of sp³-hybridized carbons (Fsp3) is 0.318. The third-order valence-electron chi connectivity index (χ3n) is 4.74. The molecule has 0 aliphatic heterocycles. The highest BCUT2D eigenvalue weighted by atomic mass is 16.1. The number of aromatic nitrogens is 2. The smallest absolute Gasteiger partial charge is 0.258 e. The monoisotopic (exact) mass is 363 g/mol. The second-order valence-electron chi connectivity index (χ2n) is 6.77. The van der Waals surface area contributed by atoms with Gasteiger partial charge in [-0.15, -0.1) is 0 Å². The van der Waals surface area contributed by atoms with E-state index in [1.54, 1.807) is 6.07 Å². The number of aryl methyl sites for hydroxylation is 2. The van der Waals surface area contributed by atoms with Crippen LogP contribution in [0.3, 0.4) is 0 Å². The van der Waals surface area contributed by atoms with Gasteiger partial charge in [-0.3, -0.25) is 9.59 Å². The molecule has 0 aliphatic carbocycles. The van der Waals surface area contributed by atoms with Crippen molar-refractivity contribution >= 4 is 16.8 Å². The Morgan fingerprint density at radius 2 is 1.89 bits per heavy atom. The highest BCUT2D eigenvalue weighted by Gasteiger charge is 2.10. The molecule has 1 unspecified atom stereocenters. The fourth-order valence-corrected chi connectivity index (χ4v) is 3.11. The molecule has 0 bridgehead atoms. The van der Waals surface area contributed by atoms with Gasteiger partial charge in [-0.25, -0.2) is 4.98 Å². The Labute approximate surface area is 158 Å². The highest BCUT2D eigenvalue weighted by molar-refractivity contribution is 5.77. The number of nitrogens with zero attached hydrogens (tertiary/aromatic N) is 1. The maximum Gasteiger partial charge on any atom is 0.258 e. The van der Waals surface area contributed by atoms with Crippen LogP contribution in [0.2, 0.25) is 0 Å². The summed E-state index contributed by atoms with van der Waals surface area (Å²) in [5.41, 5.74) is 2.93. The normalized spacial score (nSPS) is 12.1. The van der Waals surface area contributed by atoms with Gasteiger partial charge in [0.05, 0.1) is 16.9 Å². The Hall–Kier alpha value is -2.95. The molecule has 140 valence electrons. The SMILES string of the molecule is CCc1ccc(C(C)NC(=O)CCCc2nc3ccccc3c(=O)[nH]2)cc1. The number of carbonyl (C=O) groups excluding carboxylic acids is 1. The van der Waals surface area contributed by atoms with Crippen LogP contribution in [0, 0.1) is 0 Å². The molecule has 1 atom stereocenters. The molecule has 5 nitrogen and oxygen atoms in total. The van der Waals surface area contributed by atoms with E-state index in [9.17, 15) is 9.59 Å². The summed E-state index contributed by atoms with van der Waals surface area (Å²) in [7, 11) is 0. The van der Waals surface area contributed by atoms with E-state index in [0.29, 0.717) is 36.0 Å². The Morgan fingerprint density at radius 3 is 2.63 bits per heavy atom. The lowest BCUT2D eigenvalue weighted by atomic mass is 10.0. The molecule has 0 saturated carbocycles. The van der Waals surface area contributed by atoms with Crippen molar-refractivity contribution in [3.63, 3.8) is 0 Å². The van der Waals surface area contributed by atoms with E-state index in [-0.39, 0.29) is 17.5 Å². The predicted octanol–water partition coefficient (Wildman–Crippen LogP) is 3.69. The van der Waals surface area contributed by atoms with Crippen molar-refractivity contribution in [2.45, 2.75) is 45.6 Å². The van der Waals surface area contributed by atoms with E-state index in [1.807, 2.05) is 25.1 Å². The summed E-state index contributed by atoms with van der Waals surface area (Å²) in [5, 5.41) is 3.61. The standard InChI is InChI=1S/C22H25N3O2/c1-3-16-11-13-17(14-12-16)15(2)23-21(26)10-6-9-20-24-19-8-5-4-7-18(19)22(27)25-20/h4-5,7-8,11-15H,3,6,9-10H2,1-2H3,(H,23,26)(H,24,25,27). The van der Waals surface area contributed by atoms with Crippen LogP contribution in [0.5, 0.6) is 0 Å². The average Bonchev–Trinajstić information content (AvgIpc) is 2.68.